The Morgan fingerprint density at radius 2 is 1.84 bits per heavy atom. The van der Waals surface area contributed by atoms with Gasteiger partial charge in [0.1, 0.15) is 6.07 Å². The lowest BCUT2D eigenvalue weighted by Gasteiger charge is -2.04. The number of hydrogen-bond donors (Lipinski definition) is 4. The fourth-order valence-corrected chi connectivity index (χ4v) is 1.97. The lowest BCUT2D eigenvalue weighted by atomic mass is 10.0. The van der Waals surface area contributed by atoms with Crippen molar-refractivity contribution in [2.24, 2.45) is 10.8 Å². The largest absolute Gasteiger partial charge is 0.478 e. The molecule has 2 aromatic carbocycles. The molecule has 5 N–H and O–H groups in total. The molecular formula is C18H15N5O2. The van der Waals surface area contributed by atoms with E-state index in [4.69, 9.17) is 16.4 Å². The molecule has 0 aromatic heterocycles. The zero-order valence-corrected chi connectivity index (χ0v) is 13.1. The molecule has 0 radical (unpaired) electrons. The zero-order chi connectivity index (χ0) is 18.2. The number of rotatable bonds is 6. The molecule has 0 aliphatic carbocycles. The Bertz CT molecular complexity index is 878. The third kappa shape index (κ3) is 4.77. The Kier molecular flexibility index (Phi) is 5.63. The number of nitrogens with one attached hydrogen (secondary N) is 2. The highest BCUT2D eigenvalue weighted by molar-refractivity contribution is 6.45. The molecule has 124 valence electrons. The van der Waals surface area contributed by atoms with Gasteiger partial charge in [0, 0.05) is 0 Å². The molecule has 0 heterocycles. The minimum atomic E-state index is -1.02. The first kappa shape index (κ1) is 17.4. The van der Waals surface area contributed by atoms with Crippen LogP contribution in [0.15, 0.2) is 59.7 Å². The van der Waals surface area contributed by atoms with Gasteiger partial charge in [0.25, 0.3) is 0 Å². The average molecular weight is 333 g/mol. The van der Waals surface area contributed by atoms with Crippen LogP contribution in [-0.2, 0) is 4.79 Å². The van der Waals surface area contributed by atoms with Crippen molar-refractivity contribution in [3.63, 3.8) is 0 Å². The molecule has 0 unspecified atom stereocenters. The van der Waals surface area contributed by atoms with Gasteiger partial charge in [-0.25, -0.2) is 4.79 Å². The van der Waals surface area contributed by atoms with Gasteiger partial charge in [0.15, 0.2) is 5.84 Å². The van der Waals surface area contributed by atoms with Crippen molar-refractivity contribution in [3.8, 4) is 6.07 Å². The summed E-state index contributed by atoms with van der Waals surface area (Å²) in [5.74, 6) is -1.44. The van der Waals surface area contributed by atoms with Crippen molar-refractivity contribution in [3.05, 3.63) is 65.7 Å². The van der Waals surface area contributed by atoms with Gasteiger partial charge in [0.05, 0.1) is 11.3 Å². The molecule has 0 aliphatic rings. The minimum absolute atomic E-state index is 0.183. The first-order valence-electron chi connectivity index (χ1n) is 7.20. The number of carbonyl (C=O) groups is 1. The Labute approximate surface area is 144 Å². The van der Waals surface area contributed by atoms with E-state index in [0.717, 1.165) is 0 Å². The number of hydrazone groups is 1. The van der Waals surface area contributed by atoms with Crippen molar-refractivity contribution >= 4 is 34.9 Å². The second kappa shape index (κ2) is 8.08. The summed E-state index contributed by atoms with van der Waals surface area (Å²) in [5, 5.41) is 29.1. The van der Waals surface area contributed by atoms with Crippen LogP contribution in [0.5, 0.6) is 0 Å². The number of carboxylic acid groups (broad SMARTS) is 1. The Morgan fingerprint density at radius 3 is 2.36 bits per heavy atom. The van der Waals surface area contributed by atoms with Gasteiger partial charge in [0.2, 0.25) is 5.71 Å². The Hall–Kier alpha value is -3.92. The summed E-state index contributed by atoms with van der Waals surface area (Å²) in [4.78, 5) is 11.5. The lowest BCUT2D eigenvalue weighted by molar-refractivity contribution is -0.130. The molecule has 0 fully saturated rings. The van der Waals surface area contributed by atoms with Gasteiger partial charge < -0.3 is 10.8 Å². The summed E-state index contributed by atoms with van der Waals surface area (Å²) in [7, 11) is 0. The first-order valence-corrected chi connectivity index (χ1v) is 7.20. The van der Waals surface area contributed by atoms with E-state index in [1.165, 1.54) is 0 Å². The molecule has 0 spiro atoms. The molecule has 2 aromatic rings. The van der Waals surface area contributed by atoms with Crippen LogP contribution in [-0.4, -0.2) is 22.6 Å². The normalized spacial score (nSPS) is 11.5. The highest BCUT2D eigenvalue weighted by atomic mass is 16.4. The zero-order valence-electron chi connectivity index (χ0n) is 13.1. The lowest BCUT2D eigenvalue weighted by Crippen LogP contribution is -2.21. The van der Waals surface area contributed by atoms with E-state index in [1.807, 2.05) is 6.07 Å². The molecule has 0 atom stereocenters. The van der Waals surface area contributed by atoms with Crippen LogP contribution in [0.1, 0.15) is 11.1 Å². The number of anilines is 1. The van der Waals surface area contributed by atoms with Gasteiger partial charge in [-0.15, -0.1) is 0 Å². The van der Waals surface area contributed by atoms with Crippen LogP contribution in [0.2, 0.25) is 0 Å². The summed E-state index contributed by atoms with van der Waals surface area (Å²) in [6.07, 6.45) is 1.57. The standard InChI is InChI=1S/C18H15N5O2/c19-11-16(17(20)21)23-22-14-8-6-12(7-9-14)10-15(18(24)25)13-4-2-1-3-5-13/h1-10,22H,(H3,20,21)(H,24,25)/b15-10?,23-16+. The fraction of sp³-hybridized carbons (Fsp3) is 0. The van der Waals surface area contributed by atoms with Crippen molar-refractivity contribution in [2.75, 3.05) is 5.43 Å². The van der Waals surface area contributed by atoms with E-state index < -0.39 is 11.8 Å². The topological polar surface area (TPSA) is 135 Å². The highest BCUT2D eigenvalue weighted by Gasteiger charge is 2.09. The van der Waals surface area contributed by atoms with Gasteiger partial charge >= 0.3 is 5.97 Å². The van der Waals surface area contributed by atoms with Crippen LogP contribution < -0.4 is 11.2 Å². The van der Waals surface area contributed by atoms with Crippen LogP contribution in [0.25, 0.3) is 11.6 Å². The van der Waals surface area contributed by atoms with Gasteiger partial charge in [-0.05, 0) is 29.3 Å². The van der Waals surface area contributed by atoms with E-state index in [0.29, 0.717) is 16.8 Å². The van der Waals surface area contributed by atoms with Crippen LogP contribution >= 0.6 is 0 Å². The third-order valence-electron chi connectivity index (χ3n) is 3.19. The number of benzene rings is 2. The quantitative estimate of drug-likeness (QED) is 0.212. The number of nitriles is 1. The predicted molar refractivity (Wildman–Crippen MR) is 97.0 cm³/mol. The number of nitrogens with two attached hydrogens (primary N) is 1. The smallest absolute Gasteiger partial charge is 0.336 e. The molecule has 25 heavy (non-hydrogen) atoms. The molecule has 0 saturated heterocycles. The number of carboxylic acids is 1. The fourth-order valence-electron chi connectivity index (χ4n) is 1.97. The highest BCUT2D eigenvalue weighted by Crippen LogP contribution is 2.19. The van der Waals surface area contributed by atoms with Crippen molar-refractivity contribution in [1.82, 2.24) is 0 Å². The molecular weight excluding hydrogens is 318 g/mol. The molecule has 7 heteroatoms. The van der Waals surface area contributed by atoms with E-state index in [1.54, 1.807) is 60.7 Å². The van der Waals surface area contributed by atoms with Crippen LogP contribution in [0.3, 0.4) is 0 Å². The van der Waals surface area contributed by atoms with E-state index in [-0.39, 0.29) is 11.3 Å². The second-order valence-electron chi connectivity index (χ2n) is 4.95. The molecule has 2 rings (SSSR count). The summed E-state index contributed by atoms with van der Waals surface area (Å²) >= 11 is 0. The summed E-state index contributed by atoms with van der Waals surface area (Å²) in [6.45, 7) is 0. The first-order chi connectivity index (χ1) is 12.0. The third-order valence-corrected chi connectivity index (χ3v) is 3.19. The number of aliphatic carboxylic acids is 1. The molecule has 0 aliphatic heterocycles. The maximum absolute atomic E-state index is 11.5. The van der Waals surface area contributed by atoms with Crippen molar-refractivity contribution in [2.45, 2.75) is 0 Å². The van der Waals surface area contributed by atoms with E-state index in [2.05, 4.69) is 10.5 Å². The van der Waals surface area contributed by atoms with Crippen LogP contribution in [0.4, 0.5) is 5.69 Å². The van der Waals surface area contributed by atoms with Gasteiger partial charge in [-0.2, -0.15) is 10.4 Å². The molecule has 0 bridgehead atoms. The Morgan fingerprint density at radius 1 is 1.20 bits per heavy atom. The van der Waals surface area contributed by atoms with Crippen molar-refractivity contribution < 1.29 is 9.90 Å². The van der Waals surface area contributed by atoms with E-state index in [9.17, 15) is 9.90 Å². The number of hydrogen-bond acceptors (Lipinski definition) is 5. The monoisotopic (exact) mass is 333 g/mol. The predicted octanol–water partition coefficient (Wildman–Crippen LogP) is 2.54. The van der Waals surface area contributed by atoms with Crippen LogP contribution in [0, 0.1) is 16.7 Å². The molecule has 0 saturated carbocycles. The van der Waals surface area contributed by atoms with Crippen molar-refractivity contribution in [1.29, 1.82) is 10.7 Å². The summed E-state index contributed by atoms with van der Waals surface area (Å²) in [5.41, 5.74) is 9.66. The second-order valence-corrected chi connectivity index (χ2v) is 4.95. The maximum atomic E-state index is 11.5. The van der Waals surface area contributed by atoms with E-state index >= 15 is 0 Å². The SMILES string of the molecule is N#C/C(=N\Nc1ccc(C=C(C(=O)O)c2ccccc2)cc1)C(=N)N. The molecule has 7 nitrogen and oxygen atoms in total. The number of nitrogens with zero attached hydrogens (tertiary/aromatic N) is 2. The number of amidine groups is 1. The summed E-state index contributed by atoms with van der Waals surface area (Å²) in [6, 6.07) is 17.3. The maximum Gasteiger partial charge on any atom is 0.336 e. The van der Waals surface area contributed by atoms with Gasteiger partial charge in [-0.1, -0.05) is 42.5 Å². The average Bonchev–Trinajstić information content (AvgIpc) is 2.61. The Balaban J connectivity index is 2.23. The summed E-state index contributed by atoms with van der Waals surface area (Å²) < 4.78 is 0. The van der Waals surface area contributed by atoms with Gasteiger partial charge in [-0.3, -0.25) is 10.8 Å². The molecule has 0 amide bonds. The minimum Gasteiger partial charge on any atom is -0.478 e.